The lowest BCUT2D eigenvalue weighted by molar-refractivity contribution is 0.102. The molecule has 0 radical (unpaired) electrons. The summed E-state index contributed by atoms with van der Waals surface area (Å²) < 4.78 is 3.29. The molecule has 0 atom stereocenters. The Hall–Kier alpha value is -1.61. The van der Waals surface area contributed by atoms with E-state index in [0.29, 0.717) is 23.4 Å². The van der Waals surface area contributed by atoms with Crippen LogP contribution in [-0.2, 0) is 13.6 Å². The molecule has 90 valence electrons. The van der Waals surface area contributed by atoms with Crippen molar-refractivity contribution in [1.82, 2.24) is 30.0 Å². The lowest BCUT2D eigenvalue weighted by Gasteiger charge is -1.96. The van der Waals surface area contributed by atoms with Crippen molar-refractivity contribution < 1.29 is 4.79 Å². The van der Waals surface area contributed by atoms with Gasteiger partial charge >= 0.3 is 0 Å². The number of hydrogen-bond donors (Lipinski definition) is 1. The van der Waals surface area contributed by atoms with Crippen molar-refractivity contribution in [2.75, 3.05) is 6.54 Å². The third-order valence-corrected chi connectivity index (χ3v) is 2.66. The Morgan fingerprint density at radius 3 is 2.82 bits per heavy atom. The van der Waals surface area contributed by atoms with E-state index >= 15 is 0 Å². The SMILES string of the molecule is Cn1nnc(Br)c1C(=O)c1cn(CCN)nn1. The summed E-state index contributed by atoms with van der Waals surface area (Å²) in [6.45, 7) is 0.957. The number of ketones is 1. The zero-order chi connectivity index (χ0) is 12.4. The molecule has 8 nitrogen and oxygen atoms in total. The fourth-order valence-electron chi connectivity index (χ4n) is 1.34. The van der Waals surface area contributed by atoms with Gasteiger partial charge in [-0.05, 0) is 15.9 Å². The summed E-state index contributed by atoms with van der Waals surface area (Å²) in [7, 11) is 1.63. The minimum Gasteiger partial charge on any atom is -0.329 e. The van der Waals surface area contributed by atoms with E-state index in [4.69, 9.17) is 5.73 Å². The Balaban J connectivity index is 2.31. The first-order valence-electron chi connectivity index (χ1n) is 4.83. The Bertz CT molecular complexity index is 526. The zero-order valence-electron chi connectivity index (χ0n) is 9.04. The van der Waals surface area contributed by atoms with E-state index in [1.165, 1.54) is 9.36 Å². The highest BCUT2D eigenvalue weighted by Gasteiger charge is 2.21. The van der Waals surface area contributed by atoms with Crippen molar-refractivity contribution in [2.45, 2.75) is 6.54 Å². The Morgan fingerprint density at radius 1 is 1.47 bits per heavy atom. The van der Waals surface area contributed by atoms with Gasteiger partial charge in [-0.15, -0.1) is 10.2 Å². The molecule has 2 aromatic heterocycles. The zero-order valence-corrected chi connectivity index (χ0v) is 10.6. The molecule has 0 bridgehead atoms. The van der Waals surface area contributed by atoms with Crippen molar-refractivity contribution >= 4 is 21.7 Å². The van der Waals surface area contributed by atoms with Gasteiger partial charge in [0.25, 0.3) is 0 Å². The monoisotopic (exact) mass is 299 g/mol. The van der Waals surface area contributed by atoms with Crippen molar-refractivity contribution in [3.8, 4) is 0 Å². The van der Waals surface area contributed by atoms with Crippen LogP contribution in [0.1, 0.15) is 16.2 Å². The summed E-state index contributed by atoms with van der Waals surface area (Å²) in [6.07, 6.45) is 1.55. The van der Waals surface area contributed by atoms with E-state index in [2.05, 4.69) is 36.6 Å². The average molecular weight is 300 g/mol. The van der Waals surface area contributed by atoms with Crippen LogP contribution in [0.5, 0.6) is 0 Å². The largest absolute Gasteiger partial charge is 0.329 e. The van der Waals surface area contributed by atoms with Crippen LogP contribution in [-0.4, -0.2) is 42.3 Å². The van der Waals surface area contributed by atoms with Gasteiger partial charge in [0, 0.05) is 13.6 Å². The van der Waals surface area contributed by atoms with E-state index in [9.17, 15) is 4.79 Å². The highest BCUT2D eigenvalue weighted by atomic mass is 79.9. The van der Waals surface area contributed by atoms with Crippen molar-refractivity contribution in [3.63, 3.8) is 0 Å². The van der Waals surface area contributed by atoms with Gasteiger partial charge in [0.1, 0.15) is 5.69 Å². The molecule has 17 heavy (non-hydrogen) atoms. The van der Waals surface area contributed by atoms with Gasteiger partial charge in [-0.25, -0.2) is 4.68 Å². The van der Waals surface area contributed by atoms with Crippen molar-refractivity contribution in [1.29, 1.82) is 0 Å². The number of carbonyl (C=O) groups excluding carboxylic acids is 1. The number of carbonyl (C=O) groups is 1. The maximum Gasteiger partial charge on any atom is 0.235 e. The fraction of sp³-hybridized carbons (Fsp3) is 0.375. The van der Waals surface area contributed by atoms with E-state index < -0.39 is 0 Å². The van der Waals surface area contributed by atoms with Crippen LogP contribution in [0.2, 0.25) is 0 Å². The third-order valence-electron chi connectivity index (χ3n) is 2.13. The van der Waals surface area contributed by atoms with Crippen LogP contribution < -0.4 is 5.73 Å². The number of nitrogens with two attached hydrogens (primary N) is 1. The molecule has 0 amide bonds. The lowest BCUT2D eigenvalue weighted by atomic mass is 10.2. The quantitative estimate of drug-likeness (QED) is 0.753. The molecule has 9 heteroatoms. The normalized spacial score (nSPS) is 10.8. The van der Waals surface area contributed by atoms with Crippen LogP contribution >= 0.6 is 15.9 Å². The molecule has 0 saturated carbocycles. The molecule has 0 aliphatic rings. The molecule has 2 rings (SSSR count). The van der Waals surface area contributed by atoms with Gasteiger partial charge in [0.2, 0.25) is 5.78 Å². The van der Waals surface area contributed by atoms with Crippen LogP contribution in [0.3, 0.4) is 0 Å². The number of aromatic nitrogens is 6. The molecule has 2 N–H and O–H groups in total. The number of halogens is 1. The second-order valence-electron chi connectivity index (χ2n) is 3.34. The Morgan fingerprint density at radius 2 is 2.24 bits per heavy atom. The number of aryl methyl sites for hydroxylation is 1. The predicted octanol–water partition coefficient (Wildman–Crippen LogP) is -0.641. The van der Waals surface area contributed by atoms with Crippen LogP contribution in [0, 0.1) is 0 Å². The summed E-state index contributed by atoms with van der Waals surface area (Å²) in [5.41, 5.74) is 5.96. The van der Waals surface area contributed by atoms with E-state index in [1.54, 1.807) is 13.2 Å². The van der Waals surface area contributed by atoms with Crippen LogP contribution in [0.25, 0.3) is 0 Å². The number of nitrogens with zero attached hydrogens (tertiary/aromatic N) is 6. The van der Waals surface area contributed by atoms with Gasteiger partial charge in [-0.2, -0.15) is 0 Å². The molecular formula is C8H10BrN7O. The molecule has 0 aliphatic carbocycles. The van der Waals surface area contributed by atoms with Crippen LogP contribution in [0.4, 0.5) is 0 Å². The van der Waals surface area contributed by atoms with Crippen molar-refractivity contribution in [2.24, 2.45) is 12.8 Å². The summed E-state index contributed by atoms with van der Waals surface area (Å²) in [4.78, 5) is 12.1. The molecule has 0 aliphatic heterocycles. The third kappa shape index (κ3) is 2.24. The molecule has 0 saturated heterocycles. The molecule has 0 aromatic carbocycles. The summed E-state index contributed by atoms with van der Waals surface area (Å²) in [5, 5.41) is 15.1. The van der Waals surface area contributed by atoms with E-state index in [-0.39, 0.29) is 11.5 Å². The summed E-state index contributed by atoms with van der Waals surface area (Å²) in [5.74, 6) is -0.285. The first-order valence-corrected chi connectivity index (χ1v) is 5.63. The first kappa shape index (κ1) is 11.9. The highest BCUT2D eigenvalue weighted by molar-refractivity contribution is 9.10. The molecule has 0 unspecified atom stereocenters. The van der Waals surface area contributed by atoms with Crippen LogP contribution in [0.15, 0.2) is 10.8 Å². The topological polar surface area (TPSA) is 105 Å². The summed E-state index contributed by atoms with van der Waals surface area (Å²) >= 11 is 3.16. The maximum atomic E-state index is 12.1. The Kier molecular flexibility index (Phi) is 3.29. The fourth-order valence-corrected chi connectivity index (χ4v) is 1.85. The predicted molar refractivity (Wildman–Crippen MR) is 61.2 cm³/mol. The second-order valence-corrected chi connectivity index (χ2v) is 4.09. The molecule has 2 heterocycles. The average Bonchev–Trinajstić information content (AvgIpc) is 2.87. The highest BCUT2D eigenvalue weighted by Crippen LogP contribution is 2.15. The second kappa shape index (κ2) is 4.72. The number of hydrogen-bond acceptors (Lipinski definition) is 6. The van der Waals surface area contributed by atoms with Gasteiger partial charge in [-0.3, -0.25) is 9.48 Å². The minimum atomic E-state index is -0.285. The lowest BCUT2D eigenvalue weighted by Crippen LogP contribution is -2.10. The standard InChI is InChI=1S/C8H10BrN7O/c1-15-6(8(9)12-13-15)7(17)5-4-16(3-2-10)14-11-5/h4H,2-3,10H2,1H3. The van der Waals surface area contributed by atoms with E-state index in [1.807, 2.05) is 0 Å². The Labute approximate surface area is 105 Å². The first-order chi connectivity index (χ1) is 8.13. The number of rotatable bonds is 4. The van der Waals surface area contributed by atoms with E-state index in [0.717, 1.165) is 0 Å². The van der Waals surface area contributed by atoms with Gasteiger partial charge < -0.3 is 5.73 Å². The molecule has 2 aromatic rings. The molecule has 0 fully saturated rings. The van der Waals surface area contributed by atoms with Gasteiger partial charge in [0.15, 0.2) is 10.3 Å². The summed E-state index contributed by atoms with van der Waals surface area (Å²) in [6, 6.07) is 0. The molecular weight excluding hydrogens is 290 g/mol. The van der Waals surface area contributed by atoms with Gasteiger partial charge in [-0.1, -0.05) is 10.4 Å². The minimum absolute atomic E-state index is 0.240. The van der Waals surface area contributed by atoms with Gasteiger partial charge in [0.05, 0.1) is 12.7 Å². The maximum absolute atomic E-state index is 12.1. The smallest absolute Gasteiger partial charge is 0.235 e. The van der Waals surface area contributed by atoms with Crippen molar-refractivity contribution in [3.05, 3.63) is 22.2 Å². The molecule has 0 spiro atoms.